The molecule has 171 valence electrons. The highest BCUT2D eigenvalue weighted by Gasteiger charge is 2.38. The van der Waals surface area contributed by atoms with Crippen molar-refractivity contribution in [2.75, 3.05) is 18.6 Å². The molecule has 1 aromatic carbocycles. The van der Waals surface area contributed by atoms with Gasteiger partial charge in [-0.2, -0.15) is 0 Å². The predicted octanol–water partition coefficient (Wildman–Crippen LogP) is 4.16. The summed E-state index contributed by atoms with van der Waals surface area (Å²) in [4.78, 5) is 29.4. The molecule has 6 nitrogen and oxygen atoms in total. The highest BCUT2D eigenvalue weighted by molar-refractivity contribution is 6.52. The average molecular weight is 429 g/mol. The van der Waals surface area contributed by atoms with E-state index in [9.17, 15) is 9.59 Å². The second-order valence-corrected chi connectivity index (χ2v) is 9.49. The van der Waals surface area contributed by atoms with E-state index in [-0.39, 0.29) is 30.2 Å². The van der Waals surface area contributed by atoms with Gasteiger partial charge in [-0.1, -0.05) is 18.4 Å². The summed E-state index contributed by atoms with van der Waals surface area (Å²) in [5.74, 6) is -0.319. The SMILES string of the molecule is C[B]c1cc(C(=O)OC)c(C)c(N(CC)C2CC(C)N(C(=O)OC(C)(C)C)C(C)C2)c1. The quantitative estimate of drug-likeness (QED) is 0.520. The number of anilines is 1. The number of piperidine rings is 1. The van der Waals surface area contributed by atoms with Crippen molar-refractivity contribution in [1.82, 2.24) is 4.90 Å². The van der Waals surface area contributed by atoms with Crippen LogP contribution < -0.4 is 10.4 Å². The smallest absolute Gasteiger partial charge is 0.410 e. The zero-order chi connectivity index (χ0) is 23.5. The summed E-state index contributed by atoms with van der Waals surface area (Å²) in [5, 5.41) is 0. The fourth-order valence-electron chi connectivity index (χ4n) is 4.61. The summed E-state index contributed by atoms with van der Waals surface area (Å²) < 4.78 is 10.7. The fraction of sp³-hybridized carbons (Fsp3) is 0.667. The number of hydrogen-bond donors (Lipinski definition) is 0. The first-order valence-corrected chi connectivity index (χ1v) is 11.2. The molecule has 7 heteroatoms. The molecular formula is C24H38BN2O4. The van der Waals surface area contributed by atoms with Crippen molar-refractivity contribution in [2.24, 2.45) is 0 Å². The lowest BCUT2D eigenvalue weighted by atomic mass is 9.72. The van der Waals surface area contributed by atoms with E-state index in [1.165, 1.54) is 7.11 Å². The lowest BCUT2D eigenvalue weighted by molar-refractivity contribution is -0.00252. The summed E-state index contributed by atoms with van der Waals surface area (Å²) in [6.07, 6.45) is 1.43. The van der Waals surface area contributed by atoms with E-state index in [0.29, 0.717) is 5.56 Å². The number of methoxy groups -OCH3 is 1. The molecule has 1 fully saturated rings. The van der Waals surface area contributed by atoms with Gasteiger partial charge in [-0.05, 0) is 72.9 Å². The van der Waals surface area contributed by atoms with Crippen molar-refractivity contribution < 1.29 is 19.1 Å². The molecule has 0 aliphatic carbocycles. The van der Waals surface area contributed by atoms with Gasteiger partial charge in [-0.25, -0.2) is 9.59 Å². The van der Waals surface area contributed by atoms with Crippen LogP contribution in [0.4, 0.5) is 10.5 Å². The van der Waals surface area contributed by atoms with E-state index < -0.39 is 5.60 Å². The minimum Gasteiger partial charge on any atom is -0.465 e. The Labute approximate surface area is 188 Å². The van der Waals surface area contributed by atoms with Crippen LogP contribution in [0.1, 0.15) is 70.3 Å². The molecule has 1 radical (unpaired) electrons. The Morgan fingerprint density at radius 2 is 1.77 bits per heavy atom. The maximum Gasteiger partial charge on any atom is 0.410 e. The summed E-state index contributed by atoms with van der Waals surface area (Å²) in [7, 11) is 3.41. The predicted molar refractivity (Wildman–Crippen MR) is 127 cm³/mol. The average Bonchev–Trinajstić information content (AvgIpc) is 2.67. The highest BCUT2D eigenvalue weighted by atomic mass is 16.6. The number of nitrogens with zero attached hydrogens (tertiary/aromatic N) is 2. The fourth-order valence-corrected chi connectivity index (χ4v) is 4.61. The van der Waals surface area contributed by atoms with E-state index in [4.69, 9.17) is 9.47 Å². The van der Waals surface area contributed by atoms with Crippen LogP contribution in [-0.4, -0.2) is 61.6 Å². The van der Waals surface area contributed by atoms with Gasteiger partial charge in [0.05, 0.1) is 12.7 Å². The summed E-state index contributed by atoms with van der Waals surface area (Å²) in [6.45, 7) is 16.7. The molecule has 0 aromatic heterocycles. The molecule has 0 N–H and O–H groups in total. The number of carbonyl (C=O) groups is 2. The topological polar surface area (TPSA) is 59.1 Å². The molecule has 2 unspecified atom stereocenters. The largest absolute Gasteiger partial charge is 0.465 e. The molecule has 1 heterocycles. The van der Waals surface area contributed by atoms with Gasteiger partial charge in [-0.3, -0.25) is 0 Å². The van der Waals surface area contributed by atoms with Crippen molar-refractivity contribution in [3.63, 3.8) is 0 Å². The third-order valence-corrected chi connectivity index (χ3v) is 6.01. The van der Waals surface area contributed by atoms with Gasteiger partial charge in [0.25, 0.3) is 0 Å². The molecule has 1 aliphatic heterocycles. The zero-order valence-electron chi connectivity index (χ0n) is 20.6. The van der Waals surface area contributed by atoms with Crippen LogP contribution in [0.2, 0.25) is 6.82 Å². The van der Waals surface area contributed by atoms with Gasteiger partial charge >= 0.3 is 12.1 Å². The molecule has 0 saturated carbocycles. The Kier molecular flexibility index (Phi) is 8.06. The van der Waals surface area contributed by atoms with Crippen LogP contribution in [-0.2, 0) is 9.47 Å². The molecule has 1 aliphatic rings. The summed E-state index contributed by atoms with van der Waals surface area (Å²) >= 11 is 0. The molecule has 0 bridgehead atoms. The van der Waals surface area contributed by atoms with Crippen molar-refractivity contribution in [3.8, 4) is 0 Å². The van der Waals surface area contributed by atoms with Crippen LogP contribution in [0.25, 0.3) is 0 Å². The maximum atomic E-state index is 12.8. The first kappa shape index (κ1) is 25.1. The van der Waals surface area contributed by atoms with Crippen LogP contribution in [0, 0.1) is 6.92 Å². The van der Waals surface area contributed by atoms with Gasteiger partial charge in [0.2, 0.25) is 0 Å². The van der Waals surface area contributed by atoms with Crippen LogP contribution in [0.3, 0.4) is 0 Å². The zero-order valence-corrected chi connectivity index (χ0v) is 20.6. The van der Waals surface area contributed by atoms with E-state index in [1.54, 1.807) is 0 Å². The monoisotopic (exact) mass is 429 g/mol. The lowest BCUT2D eigenvalue weighted by Crippen LogP contribution is -2.56. The van der Waals surface area contributed by atoms with Crippen molar-refractivity contribution in [2.45, 2.75) is 91.9 Å². The van der Waals surface area contributed by atoms with Gasteiger partial charge < -0.3 is 19.3 Å². The van der Waals surface area contributed by atoms with Gasteiger partial charge in [0.1, 0.15) is 12.9 Å². The Morgan fingerprint density at radius 1 is 1.19 bits per heavy atom. The van der Waals surface area contributed by atoms with Crippen LogP contribution in [0.15, 0.2) is 12.1 Å². The van der Waals surface area contributed by atoms with Crippen molar-refractivity contribution in [3.05, 3.63) is 23.3 Å². The Hall–Kier alpha value is -2.18. The maximum absolute atomic E-state index is 12.8. The number of carbonyl (C=O) groups excluding carboxylic acids is 2. The number of hydrogen-bond acceptors (Lipinski definition) is 5. The minimum atomic E-state index is -0.513. The molecule has 1 saturated heterocycles. The van der Waals surface area contributed by atoms with Crippen molar-refractivity contribution >= 4 is 30.5 Å². The van der Waals surface area contributed by atoms with Crippen LogP contribution >= 0.6 is 0 Å². The van der Waals surface area contributed by atoms with E-state index >= 15 is 0 Å². The summed E-state index contributed by atoms with van der Waals surface area (Å²) in [6, 6.07) is 4.39. The van der Waals surface area contributed by atoms with Gasteiger partial charge in [0, 0.05) is 30.4 Å². The van der Waals surface area contributed by atoms with E-state index in [1.807, 2.05) is 52.8 Å². The number of ether oxygens (including phenoxy) is 2. The third-order valence-electron chi connectivity index (χ3n) is 6.01. The molecule has 31 heavy (non-hydrogen) atoms. The normalized spacial score (nSPS) is 21.5. The highest BCUT2D eigenvalue weighted by Crippen LogP contribution is 2.33. The molecular weight excluding hydrogens is 391 g/mol. The lowest BCUT2D eigenvalue weighted by Gasteiger charge is -2.47. The second-order valence-electron chi connectivity index (χ2n) is 9.49. The number of amides is 1. The summed E-state index contributed by atoms with van der Waals surface area (Å²) in [5.41, 5.74) is 3.05. The molecule has 1 amide bonds. The Balaban J connectivity index is 2.34. The molecule has 1 aromatic rings. The third kappa shape index (κ3) is 5.75. The van der Waals surface area contributed by atoms with E-state index in [2.05, 4.69) is 31.7 Å². The standard InChI is InChI=1S/C24H38BN2O4/c1-10-26(21-14-18(25-8)13-20(17(21)4)22(28)30-9)19-11-15(2)27(16(3)12-19)23(29)31-24(5,6)7/h13-16,19H,10-12H2,1-9H3. The molecule has 2 rings (SSSR count). The Bertz CT molecular complexity index is 794. The van der Waals surface area contributed by atoms with Gasteiger partial charge in [-0.15, -0.1) is 0 Å². The van der Waals surface area contributed by atoms with E-state index in [0.717, 1.165) is 36.1 Å². The number of likely N-dealkylation sites (tertiary alicyclic amines) is 1. The number of rotatable bonds is 5. The first-order chi connectivity index (χ1) is 14.4. The number of esters is 1. The minimum absolute atomic E-state index is 0.0546. The van der Waals surface area contributed by atoms with Gasteiger partial charge in [0.15, 0.2) is 0 Å². The van der Waals surface area contributed by atoms with Crippen LogP contribution in [0.5, 0.6) is 0 Å². The first-order valence-electron chi connectivity index (χ1n) is 11.2. The Morgan fingerprint density at radius 3 is 2.23 bits per heavy atom. The molecule has 2 atom stereocenters. The number of benzene rings is 1. The second kappa shape index (κ2) is 9.96. The molecule has 0 spiro atoms. The van der Waals surface area contributed by atoms with Crippen molar-refractivity contribution in [1.29, 1.82) is 0 Å².